The van der Waals surface area contributed by atoms with Gasteiger partial charge in [-0.1, -0.05) is 24.3 Å². The minimum atomic E-state index is -0.0896. The van der Waals surface area contributed by atoms with Gasteiger partial charge in [-0.2, -0.15) is 0 Å². The van der Waals surface area contributed by atoms with Crippen LogP contribution < -0.4 is 0 Å². The third kappa shape index (κ3) is 1.22. The Balaban J connectivity index is 2.27. The first-order chi connectivity index (χ1) is 6.20. The van der Waals surface area contributed by atoms with Gasteiger partial charge in [0.15, 0.2) is 0 Å². The lowest BCUT2D eigenvalue weighted by Crippen LogP contribution is -2.36. The van der Waals surface area contributed by atoms with Crippen LogP contribution in [0, 0.1) is 12.8 Å². The Hall–Kier alpha value is -1.31. The highest BCUT2D eigenvalue weighted by atomic mass is 16.6. The van der Waals surface area contributed by atoms with E-state index in [0.29, 0.717) is 0 Å². The van der Waals surface area contributed by atoms with Crippen LogP contribution in [0.25, 0.3) is 0 Å². The minimum Gasteiger partial charge on any atom is -0.456 e. The van der Waals surface area contributed by atoms with E-state index in [2.05, 4.69) is 0 Å². The first-order valence-corrected chi connectivity index (χ1v) is 4.46. The van der Waals surface area contributed by atoms with Crippen LogP contribution in [-0.2, 0) is 9.53 Å². The van der Waals surface area contributed by atoms with E-state index in [1.165, 1.54) is 5.56 Å². The summed E-state index contributed by atoms with van der Waals surface area (Å²) in [5.41, 5.74) is 2.32. The van der Waals surface area contributed by atoms with Crippen LogP contribution in [0.4, 0.5) is 0 Å². The van der Waals surface area contributed by atoms with Crippen LogP contribution in [0.15, 0.2) is 24.3 Å². The highest BCUT2D eigenvalue weighted by Gasteiger charge is 2.40. The van der Waals surface area contributed by atoms with E-state index in [-0.39, 0.29) is 18.0 Å². The summed E-state index contributed by atoms with van der Waals surface area (Å²) < 4.78 is 5.08. The maximum absolute atomic E-state index is 10.9. The summed E-state index contributed by atoms with van der Waals surface area (Å²) in [6, 6.07) is 8.02. The van der Waals surface area contributed by atoms with E-state index in [9.17, 15) is 4.79 Å². The molecular formula is C11H12O2. The number of hydrogen-bond acceptors (Lipinski definition) is 2. The average molecular weight is 176 g/mol. The number of esters is 1. The van der Waals surface area contributed by atoms with Crippen molar-refractivity contribution in [1.29, 1.82) is 0 Å². The SMILES string of the molecule is Cc1ccccc1[C@@H]1OC(=O)[C@@H]1C. The van der Waals surface area contributed by atoms with Crippen LogP contribution in [0.5, 0.6) is 0 Å². The van der Waals surface area contributed by atoms with Gasteiger partial charge in [-0.3, -0.25) is 4.79 Å². The number of carbonyl (C=O) groups is 1. The fraction of sp³-hybridized carbons (Fsp3) is 0.364. The molecule has 1 aliphatic rings. The topological polar surface area (TPSA) is 26.3 Å². The van der Waals surface area contributed by atoms with Crippen LogP contribution in [0.3, 0.4) is 0 Å². The monoisotopic (exact) mass is 176 g/mol. The van der Waals surface area contributed by atoms with Crippen molar-refractivity contribution < 1.29 is 9.53 Å². The van der Waals surface area contributed by atoms with Crippen LogP contribution in [0.1, 0.15) is 24.2 Å². The molecule has 13 heavy (non-hydrogen) atoms. The number of cyclic esters (lactones) is 1. The zero-order chi connectivity index (χ0) is 9.42. The molecule has 1 aromatic rings. The first kappa shape index (κ1) is 8.30. The van der Waals surface area contributed by atoms with E-state index in [1.807, 2.05) is 38.1 Å². The smallest absolute Gasteiger partial charge is 0.313 e. The van der Waals surface area contributed by atoms with Crippen LogP contribution in [-0.4, -0.2) is 5.97 Å². The molecule has 0 amide bonds. The van der Waals surface area contributed by atoms with Crippen molar-refractivity contribution in [1.82, 2.24) is 0 Å². The highest BCUT2D eigenvalue weighted by Crippen LogP contribution is 2.37. The second-order valence-electron chi connectivity index (χ2n) is 3.50. The summed E-state index contributed by atoms with van der Waals surface area (Å²) in [5.74, 6) is -0.0747. The fourth-order valence-electron chi connectivity index (χ4n) is 1.62. The van der Waals surface area contributed by atoms with Gasteiger partial charge in [0, 0.05) is 0 Å². The van der Waals surface area contributed by atoms with Crippen molar-refractivity contribution in [3.63, 3.8) is 0 Å². The highest BCUT2D eigenvalue weighted by molar-refractivity contribution is 5.78. The fourth-order valence-corrected chi connectivity index (χ4v) is 1.62. The van der Waals surface area contributed by atoms with Gasteiger partial charge in [-0.15, -0.1) is 0 Å². The third-order valence-corrected chi connectivity index (χ3v) is 2.56. The Bertz CT molecular complexity index is 344. The first-order valence-electron chi connectivity index (χ1n) is 4.46. The minimum absolute atomic E-state index is 0.0149. The van der Waals surface area contributed by atoms with Gasteiger partial charge in [0.2, 0.25) is 0 Å². The van der Waals surface area contributed by atoms with Gasteiger partial charge in [0.1, 0.15) is 6.10 Å². The number of carbonyl (C=O) groups excluding carboxylic acids is 1. The molecule has 0 N–H and O–H groups in total. The van der Waals surface area contributed by atoms with Gasteiger partial charge < -0.3 is 4.74 Å². The van der Waals surface area contributed by atoms with Crippen molar-refractivity contribution in [2.24, 2.45) is 5.92 Å². The molecule has 2 rings (SSSR count). The largest absolute Gasteiger partial charge is 0.456 e. The third-order valence-electron chi connectivity index (χ3n) is 2.56. The van der Waals surface area contributed by atoms with Gasteiger partial charge in [-0.25, -0.2) is 0 Å². The standard InChI is InChI=1S/C11H12O2/c1-7-5-3-4-6-9(7)10-8(2)11(12)13-10/h3-6,8,10H,1-2H3/t8-,10-/m1/s1. The second-order valence-corrected chi connectivity index (χ2v) is 3.50. The van der Waals surface area contributed by atoms with Crippen molar-refractivity contribution >= 4 is 5.97 Å². The number of benzene rings is 1. The lowest BCUT2D eigenvalue weighted by Gasteiger charge is -2.33. The summed E-state index contributed by atoms with van der Waals surface area (Å²) in [6.45, 7) is 3.94. The Kier molecular flexibility index (Phi) is 1.83. The van der Waals surface area contributed by atoms with Crippen molar-refractivity contribution in [2.75, 3.05) is 0 Å². The number of aryl methyl sites for hydroxylation is 1. The Morgan fingerprint density at radius 1 is 1.31 bits per heavy atom. The normalized spacial score (nSPS) is 26.5. The van der Waals surface area contributed by atoms with E-state index < -0.39 is 0 Å². The molecular weight excluding hydrogens is 164 g/mol. The van der Waals surface area contributed by atoms with Crippen LogP contribution >= 0.6 is 0 Å². The molecule has 1 fully saturated rings. The molecule has 68 valence electrons. The molecule has 0 saturated carbocycles. The van der Waals surface area contributed by atoms with E-state index in [1.54, 1.807) is 0 Å². The summed E-state index contributed by atoms with van der Waals surface area (Å²) >= 11 is 0. The van der Waals surface area contributed by atoms with Crippen LogP contribution in [0.2, 0.25) is 0 Å². The van der Waals surface area contributed by atoms with Gasteiger partial charge in [0.05, 0.1) is 5.92 Å². The molecule has 0 spiro atoms. The molecule has 1 saturated heterocycles. The average Bonchev–Trinajstić information content (AvgIpc) is 2.15. The predicted molar refractivity (Wildman–Crippen MR) is 49.2 cm³/mol. The molecule has 0 unspecified atom stereocenters. The number of ether oxygens (including phenoxy) is 1. The molecule has 0 bridgehead atoms. The molecule has 2 heteroatoms. The zero-order valence-corrected chi connectivity index (χ0v) is 7.78. The van der Waals surface area contributed by atoms with E-state index in [4.69, 9.17) is 4.74 Å². The Morgan fingerprint density at radius 2 is 2.00 bits per heavy atom. The maximum atomic E-state index is 10.9. The molecule has 0 aromatic heterocycles. The van der Waals surface area contributed by atoms with E-state index in [0.717, 1.165) is 5.56 Å². The summed E-state index contributed by atoms with van der Waals surface area (Å²) in [6.07, 6.45) is -0.0197. The van der Waals surface area contributed by atoms with Crippen molar-refractivity contribution in [2.45, 2.75) is 20.0 Å². The summed E-state index contributed by atoms with van der Waals surface area (Å²) in [5, 5.41) is 0. The Morgan fingerprint density at radius 3 is 2.54 bits per heavy atom. The maximum Gasteiger partial charge on any atom is 0.313 e. The molecule has 0 radical (unpaired) electrons. The second kappa shape index (κ2) is 2.87. The van der Waals surface area contributed by atoms with Gasteiger partial charge in [0.25, 0.3) is 0 Å². The predicted octanol–water partition coefficient (Wildman–Crippen LogP) is 2.23. The Labute approximate surface area is 77.5 Å². The van der Waals surface area contributed by atoms with Gasteiger partial charge in [-0.05, 0) is 25.0 Å². The van der Waals surface area contributed by atoms with E-state index >= 15 is 0 Å². The molecule has 1 aliphatic heterocycles. The molecule has 1 heterocycles. The molecule has 2 atom stereocenters. The van der Waals surface area contributed by atoms with Crippen molar-refractivity contribution in [3.05, 3.63) is 35.4 Å². The molecule has 2 nitrogen and oxygen atoms in total. The lowest BCUT2D eigenvalue weighted by molar-refractivity contribution is -0.183. The van der Waals surface area contributed by atoms with Gasteiger partial charge >= 0.3 is 5.97 Å². The quantitative estimate of drug-likeness (QED) is 0.613. The summed E-state index contributed by atoms with van der Waals surface area (Å²) in [4.78, 5) is 10.9. The molecule has 1 aromatic carbocycles. The van der Waals surface area contributed by atoms with Crippen molar-refractivity contribution in [3.8, 4) is 0 Å². The number of hydrogen-bond donors (Lipinski definition) is 0. The zero-order valence-electron chi connectivity index (χ0n) is 7.78. The molecule has 0 aliphatic carbocycles. The lowest BCUT2D eigenvalue weighted by atomic mass is 9.90. The number of rotatable bonds is 1. The summed E-state index contributed by atoms with van der Waals surface area (Å²) in [7, 11) is 0.